The van der Waals surface area contributed by atoms with Gasteiger partial charge in [-0.15, -0.1) is 0 Å². The van der Waals surface area contributed by atoms with E-state index < -0.39 is 5.91 Å². The normalized spacial score (nSPS) is 10.8. The molecule has 2 rings (SSSR count). The van der Waals surface area contributed by atoms with Crippen LogP contribution in [-0.4, -0.2) is 17.2 Å². The van der Waals surface area contributed by atoms with E-state index in [1.807, 2.05) is 0 Å². The molecule has 5 nitrogen and oxygen atoms in total. The largest absolute Gasteiger partial charge is 0.506 e. The number of phenols is 1. The fourth-order valence-electron chi connectivity index (χ4n) is 1.31. The molecule has 0 unspecified atom stereocenters. The Balaban J connectivity index is 2.09. The van der Waals surface area contributed by atoms with Gasteiger partial charge in [0.2, 0.25) is 0 Å². The van der Waals surface area contributed by atoms with Crippen LogP contribution in [-0.2, 0) is 0 Å². The summed E-state index contributed by atoms with van der Waals surface area (Å²) in [6.45, 7) is 0. The Morgan fingerprint density at radius 1 is 1.53 bits per heavy atom. The van der Waals surface area contributed by atoms with Crippen LogP contribution in [0.3, 0.4) is 0 Å². The molecule has 2 aromatic rings. The van der Waals surface area contributed by atoms with Crippen LogP contribution >= 0.6 is 27.5 Å². The molecule has 0 atom stereocenters. The average molecular weight is 344 g/mol. The predicted octanol–water partition coefficient (Wildman–Crippen LogP) is 3.17. The molecule has 0 bridgehead atoms. The number of benzene rings is 1. The SMILES string of the molecule is O=C(N/N=C/c1cc(Cl)cc(Br)c1O)c1ccco1. The molecule has 0 fully saturated rings. The van der Waals surface area contributed by atoms with Crippen LogP contribution in [0.5, 0.6) is 5.75 Å². The summed E-state index contributed by atoms with van der Waals surface area (Å²) in [6, 6.07) is 6.18. The van der Waals surface area contributed by atoms with Crippen LogP contribution in [0.15, 0.2) is 44.5 Å². The van der Waals surface area contributed by atoms with Crippen molar-refractivity contribution in [2.75, 3.05) is 0 Å². The Morgan fingerprint density at radius 3 is 3.00 bits per heavy atom. The molecule has 1 amide bonds. The van der Waals surface area contributed by atoms with Crippen molar-refractivity contribution in [2.45, 2.75) is 0 Å². The van der Waals surface area contributed by atoms with Gasteiger partial charge in [-0.05, 0) is 40.2 Å². The summed E-state index contributed by atoms with van der Waals surface area (Å²) in [5, 5.41) is 13.9. The molecule has 0 radical (unpaired) electrons. The van der Waals surface area contributed by atoms with Crippen LogP contribution in [0.25, 0.3) is 0 Å². The van der Waals surface area contributed by atoms with Crippen LogP contribution in [0, 0.1) is 0 Å². The molecule has 0 aliphatic heterocycles. The van der Waals surface area contributed by atoms with Crippen molar-refractivity contribution in [1.82, 2.24) is 5.43 Å². The predicted molar refractivity (Wildman–Crippen MR) is 74.6 cm³/mol. The maximum Gasteiger partial charge on any atom is 0.307 e. The molecule has 0 saturated carbocycles. The Morgan fingerprint density at radius 2 is 2.32 bits per heavy atom. The second-order valence-electron chi connectivity index (χ2n) is 3.50. The van der Waals surface area contributed by atoms with Gasteiger partial charge in [0, 0.05) is 10.6 Å². The van der Waals surface area contributed by atoms with Gasteiger partial charge in [-0.3, -0.25) is 4.79 Å². The number of halogens is 2. The minimum atomic E-state index is -0.484. The van der Waals surface area contributed by atoms with Crippen LogP contribution in [0.4, 0.5) is 0 Å². The first-order valence-electron chi connectivity index (χ1n) is 5.13. The molecular formula is C12H8BrClN2O3. The van der Waals surface area contributed by atoms with E-state index in [-0.39, 0.29) is 11.5 Å². The Kier molecular flexibility index (Phi) is 4.24. The Bertz CT molecular complexity index is 626. The van der Waals surface area contributed by atoms with Crippen LogP contribution in [0.1, 0.15) is 16.1 Å². The molecule has 2 N–H and O–H groups in total. The smallest absolute Gasteiger partial charge is 0.307 e. The van der Waals surface area contributed by atoms with E-state index in [2.05, 4.69) is 26.5 Å². The van der Waals surface area contributed by atoms with E-state index in [0.717, 1.165) is 0 Å². The molecular weight excluding hydrogens is 336 g/mol. The molecule has 0 spiro atoms. The van der Waals surface area contributed by atoms with Crippen molar-refractivity contribution in [3.63, 3.8) is 0 Å². The van der Waals surface area contributed by atoms with Crippen molar-refractivity contribution in [1.29, 1.82) is 0 Å². The standard InChI is InChI=1S/C12H8BrClN2O3/c13-9-5-8(14)4-7(11(9)17)6-15-16-12(18)10-2-1-3-19-10/h1-6,17H,(H,16,18)/b15-6+. The van der Waals surface area contributed by atoms with Gasteiger partial charge in [0.15, 0.2) is 5.76 Å². The van der Waals surface area contributed by atoms with Crippen LogP contribution < -0.4 is 5.43 Å². The Hall–Kier alpha value is -1.79. The number of rotatable bonds is 3. The minimum absolute atomic E-state index is 0.0135. The number of hydrazone groups is 1. The molecule has 1 heterocycles. The van der Waals surface area contributed by atoms with Crippen molar-refractivity contribution >= 4 is 39.7 Å². The Labute approximate surface area is 122 Å². The fourth-order valence-corrected chi connectivity index (χ4v) is 2.14. The number of hydrogen-bond donors (Lipinski definition) is 2. The molecule has 19 heavy (non-hydrogen) atoms. The van der Waals surface area contributed by atoms with E-state index in [1.165, 1.54) is 24.6 Å². The van der Waals surface area contributed by atoms with Crippen molar-refractivity contribution in [2.24, 2.45) is 5.10 Å². The zero-order valence-electron chi connectivity index (χ0n) is 9.43. The first-order chi connectivity index (χ1) is 9.08. The molecule has 98 valence electrons. The summed E-state index contributed by atoms with van der Waals surface area (Å²) in [6.07, 6.45) is 2.67. The summed E-state index contributed by atoms with van der Waals surface area (Å²) < 4.78 is 5.34. The summed E-state index contributed by atoms with van der Waals surface area (Å²) in [4.78, 5) is 11.5. The van der Waals surface area contributed by atoms with Gasteiger partial charge in [-0.25, -0.2) is 5.43 Å². The van der Waals surface area contributed by atoms with E-state index in [1.54, 1.807) is 12.1 Å². The number of carbonyl (C=O) groups is 1. The monoisotopic (exact) mass is 342 g/mol. The molecule has 1 aromatic heterocycles. The molecule has 0 saturated heterocycles. The number of carbonyl (C=O) groups excluding carboxylic acids is 1. The highest BCUT2D eigenvalue weighted by Crippen LogP contribution is 2.30. The first kappa shape index (κ1) is 13.6. The minimum Gasteiger partial charge on any atom is -0.506 e. The van der Waals surface area contributed by atoms with Gasteiger partial charge in [0.1, 0.15) is 5.75 Å². The van der Waals surface area contributed by atoms with E-state index in [9.17, 15) is 9.90 Å². The number of furan rings is 1. The number of nitrogens with zero attached hydrogens (tertiary/aromatic N) is 1. The summed E-state index contributed by atoms with van der Waals surface area (Å²) >= 11 is 8.99. The molecule has 1 aromatic carbocycles. The zero-order valence-corrected chi connectivity index (χ0v) is 11.8. The lowest BCUT2D eigenvalue weighted by molar-refractivity contribution is 0.0927. The lowest BCUT2D eigenvalue weighted by Gasteiger charge is -2.02. The second-order valence-corrected chi connectivity index (χ2v) is 4.79. The number of amides is 1. The van der Waals surface area contributed by atoms with E-state index >= 15 is 0 Å². The second kappa shape index (κ2) is 5.90. The maximum absolute atomic E-state index is 11.5. The van der Waals surface area contributed by atoms with Crippen molar-refractivity contribution in [3.05, 3.63) is 51.3 Å². The highest BCUT2D eigenvalue weighted by molar-refractivity contribution is 9.10. The number of phenolic OH excluding ortho intramolecular Hbond substituents is 1. The summed E-state index contributed by atoms with van der Waals surface area (Å²) in [5.41, 5.74) is 2.64. The molecule has 7 heteroatoms. The third-order valence-corrected chi connectivity index (χ3v) is 3.00. The fraction of sp³-hybridized carbons (Fsp3) is 0. The summed E-state index contributed by atoms with van der Waals surface area (Å²) in [7, 11) is 0. The highest BCUT2D eigenvalue weighted by Gasteiger charge is 2.08. The van der Waals surface area contributed by atoms with Crippen LogP contribution in [0.2, 0.25) is 5.02 Å². The van der Waals surface area contributed by atoms with Gasteiger partial charge in [0.05, 0.1) is 17.0 Å². The number of aromatic hydroxyl groups is 1. The average Bonchev–Trinajstić information content (AvgIpc) is 2.88. The van der Waals surface area contributed by atoms with E-state index in [4.69, 9.17) is 16.0 Å². The highest BCUT2D eigenvalue weighted by atomic mass is 79.9. The number of nitrogens with one attached hydrogen (secondary N) is 1. The van der Waals surface area contributed by atoms with Gasteiger partial charge in [0.25, 0.3) is 0 Å². The third kappa shape index (κ3) is 3.36. The van der Waals surface area contributed by atoms with Gasteiger partial charge in [-0.1, -0.05) is 11.6 Å². The van der Waals surface area contributed by atoms with Crippen molar-refractivity contribution in [3.8, 4) is 5.75 Å². The lowest BCUT2D eigenvalue weighted by atomic mass is 10.2. The number of hydrogen-bond acceptors (Lipinski definition) is 4. The van der Waals surface area contributed by atoms with E-state index in [0.29, 0.717) is 15.1 Å². The molecule has 0 aliphatic carbocycles. The topological polar surface area (TPSA) is 74.8 Å². The summed E-state index contributed by atoms with van der Waals surface area (Å²) in [5.74, 6) is -0.351. The van der Waals surface area contributed by atoms with Crippen molar-refractivity contribution < 1.29 is 14.3 Å². The van der Waals surface area contributed by atoms with Gasteiger partial charge < -0.3 is 9.52 Å². The maximum atomic E-state index is 11.5. The lowest BCUT2D eigenvalue weighted by Crippen LogP contribution is -2.16. The zero-order chi connectivity index (χ0) is 13.8. The van der Waals surface area contributed by atoms with Gasteiger partial charge in [-0.2, -0.15) is 5.10 Å². The quantitative estimate of drug-likeness (QED) is 0.664. The molecule has 0 aliphatic rings. The third-order valence-electron chi connectivity index (χ3n) is 2.17. The first-order valence-corrected chi connectivity index (χ1v) is 6.30. The van der Waals surface area contributed by atoms with Gasteiger partial charge >= 0.3 is 5.91 Å².